The van der Waals surface area contributed by atoms with Crippen LogP contribution in [0.1, 0.15) is 0 Å². The van der Waals surface area contributed by atoms with Crippen LogP contribution in [-0.2, 0) is 0 Å². The molecular formula is C4H3Cl2N. The first-order chi connectivity index (χ1) is 3.31. The van der Waals surface area contributed by atoms with E-state index in [2.05, 4.69) is 0 Å². The van der Waals surface area contributed by atoms with E-state index in [0.717, 1.165) is 0 Å². The summed E-state index contributed by atoms with van der Waals surface area (Å²) in [5.41, 5.74) is 0. The number of hydrogen-bond acceptors (Lipinski definition) is 1. The first-order valence-electron chi connectivity index (χ1n) is 1.61. The minimum Gasteiger partial charge on any atom is -0.193 e. The Morgan fingerprint density at radius 1 is 1.86 bits per heavy atom. The summed E-state index contributed by atoms with van der Waals surface area (Å²) in [4.78, 5) is 0. The molecule has 0 aliphatic rings. The highest BCUT2D eigenvalue weighted by Gasteiger charge is 1.82. The van der Waals surface area contributed by atoms with Gasteiger partial charge in [0.15, 0.2) is 0 Å². The molecule has 0 saturated carbocycles. The minimum atomic E-state index is 0.217. The van der Waals surface area contributed by atoms with Gasteiger partial charge in [0.1, 0.15) is 0 Å². The number of rotatable bonds is 1. The van der Waals surface area contributed by atoms with Gasteiger partial charge in [-0.05, 0) is 0 Å². The van der Waals surface area contributed by atoms with E-state index in [4.69, 9.17) is 28.5 Å². The van der Waals surface area contributed by atoms with Crippen molar-refractivity contribution in [2.45, 2.75) is 0 Å². The maximum absolute atomic E-state index is 7.90. The quantitative estimate of drug-likeness (QED) is 0.398. The molecule has 0 amide bonds. The molecule has 0 aromatic rings. The summed E-state index contributed by atoms with van der Waals surface area (Å²) in [6.07, 6.45) is 1.20. The lowest BCUT2D eigenvalue weighted by molar-refractivity contribution is 1.52. The number of alkyl halides is 1. The van der Waals surface area contributed by atoms with Crippen LogP contribution in [0.5, 0.6) is 0 Å². The summed E-state index contributed by atoms with van der Waals surface area (Å²) in [6.45, 7) is 0. The third kappa shape index (κ3) is 3.65. The van der Waals surface area contributed by atoms with Crippen molar-refractivity contribution >= 4 is 23.2 Å². The first kappa shape index (κ1) is 6.81. The van der Waals surface area contributed by atoms with Gasteiger partial charge in [-0.2, -0.15) is 5.26 Å². The Hall–Kier alpha value is -0.190. The van der Waals surface area contributed by atoms with Crippen molar-refractivity contribution in [3.63, 3.8) is 0 Å². The summed E-state index contributed by atoms with van der Waals surface area (Å²) >= 11 is 10.5. The largest absolute Gasteiger partial charge is 0.193 e. The second-order valence-electron chi connectivity index (χ2n) is 0.854. The van der Waals surface area contributed by atoms with Gasteiger partial charge in [0.2, 0.25) is 0 Å². The Balaban J connectivity index is 3.56. The van der Waals surface area contributed by atoms with Crippen LogP contribution in [0.3, 0.4) is 0 Å². The molecule has 0 heterocycles. The molecule has 0 spiro atoms. The number of nitrogens with zero attached hydrogens (tertiary/aromatic N) is 1. The van der Waals surface area contributed by atoms with Crippen LogP contribution in [0.4, 0.5) is 0 Å². The summed E-state index contributed by atoms with van der Waals surface area (Å²) in [6, 6.07) is 1.74. The Kier molecular flexibility index (Phi) is 3.87. The second kappa shape index (κ2) is 3.98. The van der Waals surface area contributed by atoms with Gasteiger partial charge < -0.3 is 0 Å². The Labute approximate surface area is 52.1 Å². The highest BCUT2D eigenvalue weighted by atomic mass is 35.5. The Morgan fingerprint density at radius 2 is 2.43 bits per heavy atom. The average Bonchev–Trinajstić information content (AvgIpc) is 1.68. The first-order valence-corrected chi connectivity index (χ1v) is 2.52. The summed E-state index contributed by atoms with van der Waals surface area (Å²) < 4.78 is 0. The molecule has 0 aliphatic heterocycles. The zero-order valence-electron chi connectivity index (χ0n) is 3.49. The van der Waals surface area contributed by atoms with Crippen LogP contribution in [0.15, 0.2) is 11.1 Å². The van der Waals surface area contributed by atoms with Crippen LogP contribution in [-0.4, -0.2) is 5.88 Å². The van der Waals surface area contributed by atoms with E-state index < -0.39 is 0 Å². The van der Waals surface area contributed by atoms with E-state index in [1.165, 1.54) is 6.08 Å². The fourth-order valence-corrected chi connectivity index (χ4v) is 0.235. The molecule has 0 bridgehead atoms. The van der Waals surface area contributed by atoms with Gasteiger partial charge in [0.25, 0.3) is 0 Å². The van der Waals surface area contributed by atoms with Gasteiger partial charge >= 0.3 is 0 Å². The number of halogens is 2. The van der Waals surface area contributed by atoms with Gasteiger partial charge in [0.05, 0.1) is 11.9 Å². The third-order valence-electron chi connectivity index (χ3n) is 0.349. The van der Waals surface area contributed by atoms with E-state index in [1.807, 2.05) is 0 Å². The molecule has 3 heteroatoms. The maximum Gasteiger partial charge on any atom is 0.0924 e. The van der Waals surface area contributed by atoms with Crippen molar-refractivity contribution in [1.82, 2.24) is 0 Å². The smallest absolute Gasteiger partial charge is 0.0924 e. The summed E-state index contributed by atoms with van der Waals surface area (Å²) in [5, 5.41) is 8.28. The molecule has 38 valence electrons. The van der Waals surface area contributed by atoms with Crippen molar-refractivity contribution in [2.24, 2.45) is 0 Å². The lowest BCUT2D eigenvalue weighted by atomic mass is 10.6. The molecule has 0 aromatic carbocycles. The molecule has 0 atom stereocenters. The molecule has 0 rings (SSSR count). The second-order valence-corrected chi connectivity index (χ2v) is 1.61. The number of hydrogen-bond donors (Lipinski definition) is 0. The van der Waals surface area contributed by atoms with E-state index in [-0.39, 0.29) is 5.88 Å². The molecule has 7 heavy (non-hydrogen) atoms. The van der Waals surface area contributed by atoms with Crippen molar-refractivity contribution in [2.75, 3.05) is 5.88 Å². The van der Waals surface area contributed by atoms with E-state index in [0.29, 0.717) is 5.03 Å². The third-order valence-corrected chi connectivity index (χ3v) is 1.02. The van der Waals surface area contributed by atoms with Gasteiger partial charge in [-0.15, -0.1) is 11.6 Å². The zero-order valence-corrected chi connectivity index (χ0v) is 5.00. The van der Waals surface area contributed by atoms with Crippen molar-refractivity contribution in [3.05, 3.63) is 11.1 Å². The van der Waals surface area contributed by atoms with Gasteiger partial charge in [-0.25, -0.2) is 0 Å². The van der Waals surface area contributed by atoms with Gasteiger partial charge in [-0.3, -0.25) is 0 Å². The molecule has 0 aromatic heterocycles. The SMILES string of the molecule is N#CC=C(Cl)CCl. The maximum atomic E-state index is 7.90. The van der Waals surface area contributed by atoms with E-state index in [1.54, 1.807) is 6.07 Å². The van der Waals surface area contributed by atoms with Crippen LogP contribution < -0.4 is 0 Å². The molecule has 0 fully saturated rings. The molecule has 0 unspecified atom stereocenters. The van der Waals surface area contributed by atoms with Crippen LogP contribution in [0.25, 0.3) is 0 Å². The standard InChI is InChI=1S/C4H3Cl2N/c5-3-4(6)1-2-7/h1H,3H2. The molecule has 0 aliphatic carbocycles. The monoisotopic (exact) mass is 135 g/mol. The highest BCUT2D eigenvalue weighted by molar-refractivity contribution is 6.35. The zero-order chi connectivity index (χ0) is 5.70. The van der Waals surface area contributed by atoms with E-state index in [9.17, 15) is 0 Å². The number of nitriles is 1. The van der Waals surface area contributed by atoms with Crippen LogP contribution in [0.2, 0.25) is 0 Å². The van der Waals surface area contributed by atoms with Crippen LogP contribution >= 0.6 is 23.2 Å². The Bertz CT molecular complexity index is 111. The topological polar surface area (TPSA) is 23.8 Å². The van der Waals surface area contributed by atoms with Gasteiger partial charge in [0, 0.05) is 11.1 Å². The van der Waals surface area contributed by atoms with Crippen molar-refractivity contribution in [3.8, 4) is 6.07 Å². The van der Waals surface area contributed by atoms with Gasteiger partial charge in [-0.1, -0.05) is 11.6 Å². The Morgan fingerprint density at radius 3 is 2.57 bits per heavy atom. The van der Waals surface area contributed by atoms with Crippen molar-refractivity contribution < 1.29 is 0 Å². The predicted octanol–water partition coefficient (Wildman–Crippen LogP) is 1.87. The predicted molar refractivity (Wildman–Crippen MR) is 30.3 cm³/mol. The molecule has 0 N–H and O–H groups in total. The normalized spacial score (nSPS) is 10.7. The summed E-state index contributed by atoms with van der Waals surface area (Å²) in [7, 11) is 0. The van der Waals surface area contributed by atoms with Crippen LogP contribution in [0, 0.1) is 11.3 Å². The lowest BCUT2D eigenvalue weighted by Crippen LogP contribution is -1.67. The van der Waals surface area contributed by atoms with Crippen molar-refractivity contribution in [1.29, 1.82) is 5.26 Å². The average molecular weight is 136 g/mol. The molecule has 0 saturated heterocycles. The summed E-state index contributed by atoms with van der Waals surface area (Å²) in [5.74, 6) is 0.217. The minimum absolute atomic E-state index is 0.217. The fraction of sp³-hybridized carbons (Fsp3) is 0.250. The molecular weight excluding hydrogens is 133 g/mol. The number of allylic oxidation sites excluding steroid dienone is 2. The molecule has 1 nitrogen and oxygen atoms in total. The fourth-order valence-electron chi connectivity index (χ4n) is 0.109. The highest BCUT2D eigenvalue weighted by Crippen LogP contribution is 2.00. The lowest BCUT2D eigenvalue weighted by Gasteiger charge is -1.78. The molecule has 0 radical (unpaired) electrons. The van der Waals surface area contributed by atoms with E-state index >= 15 is 0 Å².